The molecule has 7 aliphatic carbocycles. The second kappa shape index (κ2) is 14.8. The number of benzene rings is 1. The minimum atomic E-state index is -2.89. The summed E-state index contributed by atoms with van der Waals surface area (Å²) >= 11 is 0. The van der Waals surface area contributed by atoms with E-state index in [1.165, 1.54) is 55.3 Å². The van der Waals surface area contributed by atoms with Crippen LogP contribution in [0.1, 0.15) is 94.5 Å². The molecule has 7 aliphatic rings. The third kappa shape index (κ3) is 6.17. The van der Waals surface area contributed by atoms with Gasteiger partial charge in [0.1, 0.15) is 11.5 Å². The van der Waals surface area contributed by atoms with Gasteiger partial charge in [-0.3, -0.25) is 39.0 Å². The maximum Gasteiger partial charge on any atom is 0.239 e. The molecule has 1 aromatic rings. The Balaban J connectivity index is 0.915. The number of carbonyl (C=O) groups is 6. The van der Waals surface area contributed by atoms with Gasteiger partial charge in [0.25, 0.3) is 0 Å². The number of carbonyl (C=O) groups excluding carboxylic acids is 6. The van der Waals surface area contributed by atoms with Crippen LogP contribution in [0, 0.1) is 52.3 Å². The first-order valence-electron chi connectivity index (χ1n) is 21.4. The smallest absolute Gasteiger partial charge is 0.239 e. The molecule has 13 atom stereocenters. The van der Waals surface area contributed by atoms with Crippen molar-refractivity contribution >= 4 is 34.8 Å². The maximum atomic E-state index is 14.3. The molecule has 5 fully saturated rings. The van der Waals surface area contributed by atoms with Gasteiger partial charge in [0.05, 0.1) is 49.1 Å². The molecule has 14 heteroatoms. The highest BCUT2D eigenvalue weighted by atomic mass is 16.5. The Morgan fingerprint density at radius 1 is 0.949 bits per heavy atom. The second-order valence-electron chi connectivity index (χ2n) is 19.6. The fraction of sp³-hybridized carbons (Fsp3) is 0.689. The molecule has 1 aromatic carbocycles. The highest BCUT2D eigenvalue weighted by molar-refractivity contribution is 6.32. The van der Waals surface area contributed by atoms with Crippen molar-refractivity contribution in [3.63, 3.8) is 0 Å². The molecule has 0 aliphatic heterocycles. The van der Waals surface area contributed by atoms with Crippen LogP contribution in [0.2, 0.25) is 0 Å². The zero-order valence-corrected chi connectivity index (χ0v) is 34.7. The number of likely N-dealkylation sites (N-methyl/N-ethyl adjacent to an activating group) is 1. The number of rotatable bonds is 9. The normalized spacial score (nSPS) is 41.5. The molecule has 59 heavy (non-hydrogen) atoms. The van der Waals surface area contributed by atoms with Crippen molar-refractivity contribution in [2.75, 3.05) is 40.5 Å². The molecule has 0 radical (unpaired) electrons. The average molecular weight is 818 g/mol. The van der Waals surface area contributed by atoms with Crippen molar-refractivity contribution in [2.45, 2.75) is 102 Å². The van der Waals surface area contributed by atoms with Gasteiger partial charge in [-0.25, -0.2) is 0 Å². The van der Waals surface area contributed by atoms with Crippen molar-refractivity contribution in [3.8, 4) is 5.75 Å². The summed E-state index contributed by atoms with van der Waals surface area (Å²) in [7, 11) is 3.06. The second-order valence-corrected chi connectivity index (χ2v) is 19.6. The molecule has 0 spiro atoms. The van der Waals surface area contributed by atoms with E-state index >= 15 is 0 Å². The summed E-state index contributed by atoms with van der Waals surface area (Å²) in [6, 6.07) is 2.91. The van der Waals surface area contributed by atoms with E-state index in [1.807, 2.05) is 0 Å². The van der Waals surface area contributed by atoms with Gasteiger partial charge in [0, 0.05) is 31.2 Å². The first-order chi connectivity index (χ1) is 27.8. The van der Waals surface area contributed by atoms with Crippen LogP contribution in [-0.2, 0) is 34.3 Å². The molecule has 1 amide bonds. The highest BCUT2D eigenvalue weighted by Gasteiger charge is 2.71. The van der Waals surface area contributed by atoms with Crippen LogP contribution in [0.5, 0.6) is 5.75 Å². The van der Waals surface area contributed by atoms with Crippen LogP contribution in [-0.4, -0.2) is 118 Å². The molecule has 6 N–H and O–H groups in total. The minimum Gasteiger partial charge on any atom is -0.507 e. The van der Waals surface area contributed by atoms with Gasteiger partial charge in [0.15, 0.2) is 34.7 Å². The number of nitrogens with zero attached hydrogens (tertiary/aromatic N) is 1. The summed E-state index contributed by atoms with van der Waals surface area (Å²) in [6.45, 7) is 6.77. The molecule has 0 saturated heterocycles. The number of phenolic OH excluding ortho intramolecular Hbond substituents is 1. The summed E-state index contributed by atoms with van der Waals surface area (Å²) in [5.74, 6) is -10.2. The number of allylic oxidation sites excluding steroid dienone is 1. The largest absolute Gasteiger partial charge is 0.507 e. The van der Waals surface area contributed by atoms with Crippen LogP contribution < -0.4 is 10.6 Å². The number of ether oxygens (including phenoxy) is 1. The van der Waals surface area contributed by atoms with Crippen LogP contribution in [0.15, 0.2) is 29.3 Å². The predicted molar refractivity (Wildman–Crippen MR) is 212 cm³/mol. The van der Waals surface area contributed by atoms with E-state index in [0.717, 1.165) is 38.5 Å². The topological polar surface area (TPSA) is 220 Å². The summed E-state index contributed by atoms with van der Waals surface area (Å²) < 4.78 is 6.18. The molecule has 0 bridgehead atoms. The lowest BCUT2D eigenvalue weighted by atomic mass is 9.47. The number of hydrogen-bond donors (Lipinski definition) is 6. The molecule has 320 valence electrons. The fourth-order valence-corrected chi connectivity index (χ4v) is 13.4. The first-order valence-corrected chi connectivity index (χ1v) is 21.4. The van der Waals surface area contributed by atoms with Crippen LogP contribution in [0.25, 0.3) is 0 Å². The van der Waals surface area contributed by atoms with Crippen molar-refractivity contribution in [1.29, 1.82) is 0 Å². The van der Waals surface area contributed by atoms with E-state index in [9.17, 15) is 49.2 Å². The number of nitrogens with one attached hydrogen (secondary N) is 2. The summed E-state index contributed by atoms with van der Waals surface area (Å²) in [5.41, 5.74) is -2.61. The van der Waals surface area contributed by atoms with Gasteiger partial charge in [-0.1, -0.05) is 31.6 Å². The van der Waals surface area contributed by atoms with E-state index in [1.54, 1.807) is 0 Å². The number of phenols is 1. The Hall–Kier alpha value is -3.66. The van der Waals surface area contributed by atoms with Crippen molar-refractivity contribution in [3.05, 3.63) is 40.5 Å². The summed E-state index contributed by atoms with van der Waals surface area (Å²) in [4.78, 5) is 84.1. The molecular formula is C45H59N3O11. The quantitative estimate of drug-likeness (QED) is 0.0911. The third-order valence-electron chi connectivity index (χ3n) is 16.5. The number of Topliss-reactive ketones (excluding diaryl/α,β-unsaturated/α-hetero) is 5. The molecule has 13 unspecified atom stereocenters. The van der Waals surface area contributed by atoms with Gasteiger partial charge >= 0.3 is 0 Å². The molecule has 8 rings (SSSR count). The number of ketones is 5. The van der Waals surface area contributed by atoms with E-state index in [0.29, 0.717) is 43.7 Å². The minimum absolute atomic E-state index is 0.0661. The van der Waals surface area contributed by atoms with Crippen molar-refractivity contribution < 1.29 is 53.9 Å². The molecule has 0 heterocycles. The molecular weight excluding hydrogens is 759 g/mol. The van der Waals surface area contributed by atoms with Crippen molar-refractivity contribution in [1.82, 2.24) is 15.5 Å². The standard InChI is InChI=1S/C45H59N3O11/c1-42-13-11-23(49)18-28(42)22(17-24-25-9-10-32(51)43(25,2)14-12-26(24)42)20-59-16-15-46-21-47-41(56)35-38(53)36(48(4)5)30-19-29-34(39(54)45(30,58)40(35)55)37(52)33-27(44(29,3)57)7-6-8-31(33)50/h6-8,24-26,29-30,32,34-36,46,50-51,57-58H,9-21H2,1-5H3,(H,47,56). The molecule has 14 nitrogen and oxygen atoms in total. The Morgan fingerprint density at radius 3 is 2.42 bits per heavy atom. The average Bonchev–Trinajstić information content (AvgIpc) is 3.48. The number of aliphatic hydroxyl groups excluding tert-OH is 1. The summed E-state index contributed by atoms with van der Waals surface area (Å²) in [5, 5.41) is 51.0. The van der Waals surface area contributed by atoms with Gasteiger partial charge in [-0.05, 0) is 112 Å². The van der Waals surface area contributed by atoms with Gasteiger partial charge in [-0.2, -0.15) is 0 Å². The number of hydrogen-bond acceptors (Lipinski definition) is 13. The summed E-state index contributed by atoms with van der Waals surface area (Å²) in [6.07, 6.45) is 6.12. The fourth-order valence-electron chi connectivity index (χ4n) is 13.4. The van der Waals surface area contributed by atoms with Crippen LogP contribution in [0.3, 0.4) is 0 Å². The van der Waals surface area contributed by atoms with Gasteiger partial charge in [-0.15, -0.1) is 0 Å². The van der Waals surface area contributed by atoms with Crippen molar-refractivity contribution in [2.24, 2.45) is 52.3 Å². The number of aliphatic hydroxyl groups is 3. The maximum absolute atomic E-state index is 14.3. The Bertz CT molecular complexity index is 2030. The Morgan fingerprint density at radius 2 is 1.69 bits per heavy atom. The monoisotopic (exact) mass is 817 g/mol. The predicted octanol–water partition coefficient (Wildman–Crippen LogP) is 1.99. The van der Waals surface area contributed by atoms with Crippen LogP contribution >= 0.6 is 0 Å². The zero-order valence-electron chi connectivity index (χ0n) is 34.7. The molecule has 5 saturated carbocycles. The van der Waals surface area contributed by atoms with E-state index < -0.39 is 75.7 Å². The van der Waals surface area contributed by atoms with E-state index in [-0.39, 0.29) is 53.5 Å². The highest BCUT2D eigenvalue weighted by Crippen LogP contribution is 2.66. The first kappa shape index (κ1) is 42.0. The third-order valence-corrected chi connectivity index (χ3v) is 16.5. The SMILES string of the molecule is CN(C)C1C(=O)C(C(=O)NCNCCOCC2=C3CC(=O)CCC3(C)C3CCC4(C)C(O)CCC4C3C2)C(=O)C2(O)C(=O)C3C(=O)c4c(O)cccc4C(C)(O)C3CC12. The lowest BCUT2D eigenvalue weighted by Gasteiger charge is -2.58. The lowest BCUT2D eigenvalue weighted by molar-refractivity contribution is -0.188. The van der Waals surface area contributed by atoms with Crippen LogP contribution in [0.4, 0.5) is 0 Å². The molecule has 0 aromatic heterocycles. The van der Waals surface area contributed by atoms with E-state index in [4.69, 9.17) is 4.74 Å². The lowest BCUT2D eigenvalue weighted by Crippen LogP contribution is -2.75. The number of fused-ring (bicyclic) bond motifs is 8. The van der Waals surface area contributed by atoms with E-state index in [2.05, 4.69) is 24.5 Å². The van der Waals surface area contributed by atoms with Gasteiger partial charge < -0.3 is 30.5 Å². The van der Waals surface area contributed by atoms with Gasteiger partial charge in [0.2, 0.25) is 5.91 Å². The number of aromatic hydroxyl groups is 1. The zero-order chi connectivity index (χ0) is 42.6. The number of amides is 1. The Labute approximate surface area is 344 Å². The Kier molecular flexibility index (Phi) is 10.5.